The first-order valence-corrected chi connectivity index (χ1v) is 8.27. The summed E-state index contributed by atoms with van der Waals surface area (Å²) >= 11 is 3.36. The van der Waals surface area contributed by atoms with Crippen LogP contribution in [0.15, 0.2) is 15.3 Å². The number of carbonyl (C=O) groups excluding carboxylic acids is 1. The molecule has 0 aromatic carbocycles. The smallest absolute Gasteiger partial charge is 0.360 e. The summed E-state index contributed by atoms with van der Waals surface area (Å²) in [6, 6.07) is 1.66. The zero-order valence-corrected chi connectivity index (χ0v) is 15.1. The molecule has 3 aromatic heterocycles. The summed E-state index contributed by atoms with van der Waals surface area (Å²) < 4.78 is 17.6. The maximum atomic E-state index is 11.7. The molecule has 0 aliphatic carbocycles. The Balaban J connectivity index is 1.95. The van der Waals surface area contributed by atoms with Gasteiger partial charge in [0.2, 0.25) is 0 Å². The molecule has 2 N–H and O–H groups in total. The molecule has 0 saturated carbocycles. The molecule has 10 nitrogen and oxygen atoms in total. The molecule has 0 fully saturated rings. The minimum Gasteiger partial charge on any atom is -0.464 e. The number of esters is 1. The van der Waals surface area contributed by atoms with Gasteiger partial charge in [0.05, 0.1) is 19.8 Å². The number of imidazole rings is 1. The Morgan fingerprint density at radius 2 is 2.12 bits per heavy atom. The van der Waals surface area contributed by atoms with Crippen molar-refractivity contribution in [1.82, 2.24) is 24.7 Å². The van der Waals surface area contributed by atoms with Gasteiger partial charge in [0, 0.05) is 6.07 Å². The molecule has 0 atom stereocenters. The van der Waals surface area contributed by atoms with Crippen LogP contribution >= 0.6 is 15.9 Å². The SMILES string of the molecule is CCOC(=O)c1cc(Cn2c(Br)nc3c(N)nc(OCC)nc32)on1. The first kappa shape index (κ1) is 17.1. The van der Waals surface area contributed by atoms with Crippen molar-refractivity contribution in [2.75, 3.05) is 18.9 Å². The van der Waals surface area contributed by atoms with E-state index in [0.717, 1.165) is 0 Å². The number of nitrogen functional groups attached to an aromatic ring is 1. The predicted molar refractivity (Wildman–Crippen MR) is 90.2 cm³/mol. The average molecular weight is 411 g/mol. The van der Waals surface area contributed by atoms with Crippen LogP contribution in [0, 0.1) is 0 Å². The topological polar surface area (TPSA) is 131 Å². The van der Waals surface area contributed by atoms with Crippen molar-refractivity contribution in [1.29, 1.82) is 0 Å². The second kappa shape index (κ2) is 7.05. The zero-order valence-electron chi connectivity index (χ0n) is 13.5. The van der Waals surface area contributed by atoms with Crippen molar-refractivity contribution < 1.29 is 18.8 Å². The highest BCUT2D eigenvalue weighted by Gasteiger charge is 2.19. The number of aromatic nitrogens is 5. The lowest BCUT2D eigenvalue weighted by Crippen LogP contribution is -2.05. The number of nitrogens with zero attached hydrogens (tertiary/aromatic N) is 5. The number of fused-ring (bicyclic) bond motifs is 1. The van der Waals surface area contributed by atoms with Crippen LogP contribution in [0.25, 0.3) is 11.2 Å². The van der Waals surface area contributed by atoms with Gasteiger partial charge in [0.15, 0.2) is 33.2 Å². The quantitative estimate of drug-likeness (QED) is 0.476. The Bertz CT molecular complexity index is 922. The van der Waals surface area contributed by atoms with Crippen LogP contribution in [0.4, 0.5) is 5.82 Å². The molecule has 0 amide bonds. The number of halogens is 1. The molecule has 25 heavy (non-hydrogen) atoms. The van der Waals surface area contributed by atoms with Gasteiger partial charge in [-0.2, -0.15) is 9.97 Å². The summed E-state index contributed by atoms with van der Waals surface area (Å²) in [7, 11) is 0. The lowest BCUT2D eigenvalue weighted by Gasteiger charge is -2.05. The molecular formula is C14H15BrN6O4. The predicted octanol–water partition coefficient (Wildman–Crippen LogP) is 1.78. The molecule has 0 aliphatic heterocycles. The molecule has 3 rings (SSSR count). The van der Waals surface area contributed by atoms with E-state index in [1.54, 1.807) is 11.5 Å². The molecule has 3 heterocycles. The van der Waals surface area contributed by atoms with E-state index in [2.05, 4.69) is 36.0 Å². The average Bonchev–Trinajstić information content (AvgIpc) is 3.15. The first-order chi connectivity index (χ1) is 12.0. The maximum absolute atomic E-state index is 11.7. The summed E-state index contributed by atoms with van der Waals surface area (Å²) in [6.07, 6.45) is 0. The second-order valence-corrected chi connectivity index (χ2v) is 5.57. The van der Waals surface area contributed by atoms with Crippen LogP contribution in [-0.4, -0.2) is 43.9 Å². The Morgan fingerprint density at radius 1 is 1.32 bits per heavy atom. The van der Waals surface area contributed by atoms with Crippen LogP contribution < -0.4 is 10.5 Å². The number of ether oxygens (including phenoxy) is 2. The zero-order chi connectivity index (χ0) is 18.0. The highest BCUT2D eigenvalue weighted by Crippen LogP contribution is 2.25. The van der Waals surface area contributed by atoms with Crippen molar-refractivity contribution in [3.63, 3.8) is 0 Å². The minimum absolute atomic E-state index is 0.0986. The first-order valence-electron chi connectivity index (χ1n) is 7.48. The number of nitrogens with two attached hydrogens (primary N) is 1. The van der Waals surface area contributed by atoms with E-state index in [1.807, 2.05) is 6.92 Å². The van der Waals surface area contributed by atoms with E-state index in [0.29, 0.717) is 28.3 Å². The van der Waals surface area contributed by atoms with E-state index >= 15 is 0 Å². The van der Waals surface area contributed by atoms with Crippen LogP contribution in [0.5, 0.6) is 6.01 Å². The molecular weight excluding hydrogens is 396 g/mol. The van der Waals surface area contributed by atoms with Crippen molar-refractivity contribution in [2.24, 2.45) is 0 Å². The lowest BCUT2D eigenvalue weighted by atomic mass is 10.3. The van der Waals surface area contributed by atoms with Gasteiger partial charge in [-0.05, 0) is 29.8 Å². The molecule has 3 aromatic rings. The maximum Gasteiger partial charge on any atom is 0.360 e. The fraction of sp³-hybridized carbons (Fsp3) is 0.357. The molecule has 11 heteroatoms. The van der Waals surface area contributed by atoms with Crippen molar-refractivity contribution in [2.45, 2.75) is 20.4 Å². The van der Waals surface area contributed by atoms with Gasteiger partial charge in [-0.25, -0.2) is 9.78 Å². The molecule has 0 saturated heterocycles. The molecule has 0 spiro atoms. The van der Waals surface area contributed by atoms with Crippen molar-refractivity contribution in [3.8, 4) is 6.01 Å². The normalized spacial score (nSPS) is 11.0. The monoisotopic (exact) mass is 410 g/mol. The Kier molecular flexibility index (Phi) is 4.83. The number of anilines is 1. The van der Waals surface area contributed by atoms with Gasteiger partial charge < -0.3 is 19.7 Å². The highest BCUT2D eigenvalue weighted by molar-refractivity contribution is 9.10. The largest absolute Gasteiger partial charge is 0.464 e. The lowest BCUT2D eigenvalue weighted by molar-refractivity contribution is 0.0514. The van der Waals surface area contributed by atoms with Gasteiger partial charge in [0.1, 0.15) is 0 Å². The third kappa shape index (κ3) is 3.40. The van der Waals surface area contributed by atoms with Crippen LogP contribution in [0.3, 0.4) is 0 Å². The minimum atomic E-state index is -0.544. The summed E-state index contributed by atoms with van der Waals surface area (Å²) in [5.74, 6) is 0.0909. The summed E-state index contributed by atoms with van der Waals surface area (Å²) in [6.45, 7) is 4.43. The summed E-state index contributed by atoms with van der Waals surface area (Å²) in [5.41, 5.74) is 6.91. The number of hydrogen-bond donors (Lipinski definition) is 1. The number of carbonyl (C=O) groups is 1. The van der Waals surface area contributed by atoms with E-state index < -0.39 is 5.97 Å². The third-order valence-electron chi connectivity index (χ3n) is 3.19. The van der Waals surface area contributed by atoms with Crippen LogP contribution in [0.2, 0.25) is 0 Å². The molecule has 0 radical (unpaired) electrons. The van der Waals surface area contributed by atoms with Gasteiger partial charge >= 0.3 is 12.0 Å². The van der Waals surface area contributed by atoms with E-state index in [1.165, 1.54) is 6.07 Å². The second-order valence-electron chi connectivity index (χ2n) is 4.86. The van der Waals surface area contributed by atoms with Gasteiger partial charge in [-0.15, -0.1) is 0 Å². The van der Waals surface area contributed by atoms with Gasteiger partial charge in [-0.3, -0.25) is 4.57 Å². The Hall–Kier alpha value is -2.69. The highest BCUT2D eigenvalue weighted by atomic mass is 79.9. The molecule has 0 unspecified atom stereocenters. The summed E-state index contributed by atoms with van der Waals surface area (Å²) in [4.78, 5) is 24.3. The Morgan fingerprint density at radius 3 is 2.84 bits per heavy atom. The van der Waals surface area contributed by atoms with Gasteiger partial charge in [0.25, 0.3) is 0 Å². The fourth-order valence-corrected chi connectivity index (χ4v) is 2.62. The van der Waals surface area contributed by atoms with E-state index in [9.17, 15) is 4.79 Å². The molecule has 0 aliphatic rings. The summed E-state index contributed by atoms with van der Waals surface area (Å²) in [5, 5.41) is 3.71. The van der Waals surface area contributed by atoms with E-state index in [4.69, 9.17) is 19.7 Å². The number of hydrogen-bond acceptors (Lipinski definition) is 9. The molecule has 132 valence electrons. The Labute approximate surface area is 150 Å². The van der Waals surface area contributed by atoms with E-state index in [-0.39, 0.29) is 30.7 Å². The van der Waals surface area contributed by atoms with Crippen LogP contribution in [-0.2, 0) is 11.3 Å². The van der Waals surface area contributed by atoms with Crippen molar-refractivity contribution in [3.05, 3.63) is 22.3 Å². The third-order valence-corrected chi connectivity index (χ3v) is 3.79. The van der Waals surface area contributed by atoms with Crippen LogP contribution in [0.1, 0.15) is 30.1 Å². The fourth-order valence-electron chi connectivity index (χ4n) is 2.15. The standard InChI is InChI=1S/C14H15BrN6O4/c1-3-23-12(22)8-5-7(25-20-8)6-21-11-9(17-13(21)15)10(16)18-14(19-11)24-4-2/h5H,3-4,6H2,1-2H3,(H2,16,18,19). The number of rotatable bonds is 6. The van der Waals surface area contributed by atoms with Crippen molar-refractivity contribution >= 4 is 38.9 Å². The molecule has 0 bridgehead atoms. The van der Waals surface area contributed by atoms with Gasteiger partial charge in [-0.1, -0.05) is 5.16 Å².